The summed E-state index contributed by atoms with van der Waals surface area (Å²) in [5.41, 5.74) is 1.46. The molecule has 106 valence electrons. The summed E-state index contributed by atoms with van der Waals surface area (Å²) in [6, 6.07) is 11.5. The second-order valence-electron chi connectivity index (χ2n) is 5.01. The minimum Gasteiger partial charge on any atom is -0.313 e. The standard InChI is InChI=1S/C16H25NS2/c1-3-15-16(19-11-10-18-15)14(17-4-2)12-13-8-6-5-7-9-13/h5-9,14-17H,3-4,10-12H2,1-2H3. The Kier molecular flexibility index (Phi) is 6.62. The summed E-state index contributed by atoms with van der Waals surface area (Å²) in [5, 5.41) is 5.30. The van der Waals surface area contributed by atoms with E-state index in [9.17, 15) is 0 Å². The highest BCUT2D eigenvalue weighted by atomic mass is 32.2. The highest BCUT2D eigenvalue weighted by Crippen LogP contribution is 2.36. The van der Waals surface area contributed by atoms with Gasteiger partial charge in [-0.15, -0.1) is 0 Å². The zero-order chi connectivity index (χ0) is 13.5. The van der Waals surface area contributed by atoms with E-state index in [4.69, 9.17) is 0 Å². The van der Waals surface area contributed by atoms with Gasteiger partial charge in [-0.1, -0.05) is 44.2 Å². The molecule has 0 amide bonds. The lowest BCUT2D eigenvalue weighted by Gasteiger charge is -2.36. The summed E-state index contributed by atoms with van der Waals surface area (Å²) in [7, 11) is 0. The Balaban J connectivity index is 2.05. The van der Waals surface area contributed by atoms with E-state index in [1.165, 1.54) is 23.5 Å². The van der Waals surface area contributed by atoms with Crippen molar-refractivity contribution in [3.05, 3.63) is 35.9 Å². The lowest BCUT2D eigenvalue weighted by Crippen LogP contribution is -2.46. The molecular formula is C16H25NS2. The van der Waals surface area contributed by atoms with Gasteiger partial charge < -0.3 is 5.32 Å². The smallest absolute Gasteiger partial charge is 0.0323 e. The van der Waals surface area contributed by atoms with Gasteiger partial charge >= 0.3 is 0 Å². The molecule has 1 heterocycles. The molecule has 19 heavy (non-hydrogen) atoms. The maximum absolute atomic E-state index is 3.73. The molecule has 1 aromatic carbocycles. The average molecular weight is 296 g/mol. The summed E-state index contributed by atoms with van der Waals surface area (Å²) >= 11 is 4.36. The third-order valence-electron chi connectivity index (χ3n) is 3.66. The Morgan fingerprint density at radius 1 is 1.16 bits per heavy atom. The van der Waals surface area contributed by atoms with Crippen molar-refractivity contribution in [2.24, 2.45) is 0 Å². The Morgan fingerprint density at radius 2 is 1.89 bits per heavy atom. The maximum atomic E-state index is 3.73. The van der Waals surface area contributed by atoms with E-state index in [1.54, 1.807) is 0 Å². The van der Waals surface area contributed by atoms with Crippen molar-refractivity contribution in [3.8, 4) is 0 Å². The van der Waals surface area contributed by atoms with Crippen molar-refractivity contribution < 1.29 is 0 Å². The number of thioether (sulfide) groups is 2. The zero-order valence-corrected chi connectivity index (χ0v) is 13.6. The average Bonchev–Trinajstić information content (AvgIpc) is 2.48. The molecule has 1 N–H and O–H groups in total. The van der Waals surface area contributed by atoms with Crippen LogP contribution in [0.15, 0.2) is 30.3 Å². The van der Waals surface area contributed by atoms with Gasteiger partial charge in [0.1, 0.15) is 0 Å². The van der Waals surface area contributed by atoms with E-state index in [2.05, 4.69) is 73.0 Å². The van der Waals surface area contributed by atoms with E-state index in [0.29, 0.717) is 6.04 Å². The van der Waals surface area contributed by atoms with Crippen molar-refractivity contribution >= 4 is 23.5 Å². The highest BCUT2D eigenvalue weighted by molar-refractivity contribution is 8.07. The van der Waals surface area contributed by atoms with E-state index in [-0.39, 0.29) is 0 Å². The minimum absolute atomic E-state index is 0.607. The molecule has 1 aliphatic rings. The molecule has 3 atom stereocenters. The molecule has 2 rings (SSSR count). The maximum Gasteiger partial charge on any atom is 0.0323 e. The largest absolute Gasteiger partial charge is 0.313 e. The van der Waals surface area contributed by atoms with Crippen molar-refractivity contribution in [2.75, 3.05) is 18.1 Å². The number of nitrogens with one attached hydrogen (secondary N) is 1. The molecule has 0 saturated carbocycles. The normalized spacial score (nSPS) is 25.2. The van der Waals surface area contributed by atoms with Gasteiger partial charge in [0.25, 0.3) is 0 Å². The molecule has 1 fully saturated rings. The molecular weight excluding hydrogens is 270 g/mol. The van der Waals surface area contributed by atoms with Crippen LogP contribution in [0.25, 0.3) is 0 Å². The van der Waals surface area contributed by atoms with Gasteiger partial charge in [-0.2, -0.15) is 23.5 Å². The third-order valence-corrected chi connectivity index (χ3v) is 7.06. The Hall–Kier alpha value is -0.120. The second-order valence-corrected chi connectivity index (χ2v) is 7.64. The van der Waals surface area contributed by atoms with Crippen LogP contribution in [0, 0.1) is 0 Å². The number of benzene rings is 1. The first-order valence-corrected chi connectivity index (χ1v) is 9.45. The van der Waals surface area contributed by atoms with E-state index >= 15 is 0 Å². The van der Waals surface area contributed by atoms with Crippen LogP contribution in [0.5, 0.6) is 0 Å². The molecule has 0 aliphatic carbocycles. The van der Waals surface area contributed by atoms with E-state index < -0.39 is 0 Å². The predicted molar refractivity (Wildman–Crippen MR) is 90.4 cm³/mol. The van der Waals surface area contributed by atoms with Crippen molar-refractivity contribution in [2.45, 2.75) is 43.2 Å². The van der Waals surface area contributed by atoms with Crippen LogP contribution in [0.3, 0.4) is 0 Å². The molecule has 1 nitrogen and oxygen atoms in total. The Morgan fingerprint density at radius 3 is 2.58 bits per heavy atom. The van der Waals surface area contributed by atoms with Crippen LogP contribution in [-0.2, 0) is 6.42 Å². The van der Waals surface area contributed by atoms with Crippen molar-refractivity contribution in [1.29, 1.82) is 0 Å². The van der Waals surface area contributed by atoms with Crippen LogP contribution in [0.2, 0.25) is 0 Å². The van der Waals surface area contributed by atoms with Gasteiger partial charge in [0.2, 0.25) is 0 Å². The zero-order valence-electron chi connectivity index (χ0n) is 12.0. The number of rotatable bonds is 6. The topological polar surface area (TPSA) is 12.0 Å². The van der Waals surface area contributed by atoms with Gasteiger partial charge in [0.05, 0.1) is 0 Å². The molecule has 3 unspecified atom stereocenters. The number of hydrogen-bond donors (Lipinski definition) is 1. The summed E-state index contributed by atoms with van der Waals surface area (Å²) < 4.78 is 0. The van der Waals surface area contributed by atoms with E-state index in [1.807, 2.05) is 0 Å². The van der Waals surface area contributed by atoms with Crippen molar-refractivity contribution in [3.63, 3.8) is 0 Å². The first kappa shape index (κ1) is 15.3. The molecule has 1 aliphatic heterocycles. The molecule has 0 radical (unpaired) electrons. The lowest BCUT2D eigenvalue weighted by atomic mass is 10.00. The Bertz CT molecular complexity index is 355. The molecule has 1 aromatic rings. The number of likely N-dealkylation sites (N-methyl/N-ethyl adjacent to an activating group) is 1. The highest BCUT2D eigenvalue weighted by Gasteiger charge is 2.31. The molecule has 3 heteroatoms. The fourth-order valence-corrected chi connectivity index (χ4v) is 6.01. The third kappa shape index (κ3) is 4.44. The first-order valence-electron chi connectivity index (χ1n) is 7.35. The van der Waals surface area contributed by atoms with Gasteiger partial charge in [-0.05, 0) is 24.9 Å². The summed E-state index contributed by atoms with van der Waals surface area (Å²) in [6.45, 7) is 5.62. The fourth-order valence-electron chi connectivity index (χ4n) is 2.75. The van der Waals surface area contributed by atoms with Crippen LogP contribution in [0.1, 0.15) is 25.8 Å². The minimum atomic E-state index is 0.607. The SMILES string of the molecule is CCNC(Cc1ccccc1)C1SCCSC1CC. The van der Waals surface area contributed by atoms with Crippen LogP contribution < -0.4 is 5.32 Å². The van der Waals surface area contributed by atoms with Crippen LogP contribution >= 0.6 is 23.5 Å². The number of hydrogen-bond acceptors (Lipinski definition) is 3. The molecule has 0 aromatic heterocycles. The Labute approximate surface area is 126 Å². The van der Waals surface area contributed by atoms with Gasteiger partial charge in [-0.25, -0.2) is 0 Å². The first-order chi connectivity index (χ1) is 9.35. The summed E-state index contributed by atoms with van der Waals surface area (Å²) in [5.74, 6) is 2.63. The lowest BCUT2D eigenvalue weighted by molar-refractivity contribution is 0.490. The molecule has 0 bridgehead atoms. The summed E-state index contributed by atoms with van der Waals surface area (Å²) in [4.78, 5) is 0. The van der Waals surface area contributed by atoms with Gasteiger partial charge in [0.15, 0.2) is 0 Å². The van der Waals surface area contributed by atoms with Crippen LogP contribution in [0.4, 0.5) is 0 Å². The second kappa shape index (κ2) is 8.23. The van der Waals surface area contributed by atoms with Gasteiger partial charge in [-0.3, -0.25) is 0 Å². The predicted octanol–water partition coefficient (Wildman–Crippen LogP) is 3.83. The van der Waals surface area contributed by atoms with Crippen LogP contribution in [-0.4, -0.2) is 34.6 Å². The molecule has 0 spiro atoms. The van der Waals surface area contributed by atoms with Gasteiger partial charge in [0, 0.05) is 28.0 Å². The fraction of sp³-hybridized carbons (Fsp3) is 0.625. The molecule has 1 saturated heterocycles. The van der Waals surface area contributed by atoms with E-state index in [0.717, 1.165) is 23.5 Å². The quantitative estimate of drug-likeness (QED) is 0.856. The van der Waals surface area contributed by atoms with Crippen molar-refractivity contribution in [1.82, 2.24) is 5.32 Å². The monoisotopic (exact) mass is 295 g/mol. The summed E-state index contributed by atoms with van der Waals surface area (Å²) in [6.07, 6.45) is 2.45.